The molecule has 0 N–H and O–H groups in total. The molecule has 6 heteroatoms. The van der Waals surface area contributed by atoms with Gasteiger partial charge in [0, 0.05) is 8.59 Å². The van der Waals surface area contributed by atoms with E-state index >= 15 is 0 Å². The SMILES string of the molecule is COc1ccc(-n2c(/C=C/c3ccc(Cl)cc3)nc3ccc(I)cc3c2=O)cc1. The molecule has 1 aromatic heterocycles. The number of methoxy groups -OCH3 is 1. The van der Waals surface area contributed by atoms with E-state index in [0.29, 0.717) is 21.7 Å². The van der Waals surface area contributed by atoms with E-state index in [1.54, 1.807) is 11.7 Å². The molecule has 0 radical (unpaired) electrons. The summed E-state index contributed by atoms with van der Waals surface area (Å²) in [6.45, 7) is 0. The fraction of sp³-hybridized carbons (Fsp3) is 0.0435. The van der Waals surface area contributed by atoms with Gasteiger partial charge in [0.05, 0.1) is 23.7 Å². The number of halogens is 2. The molecular formula is C23H16ClIN2O2. The average Bonchev–Trinajstić information content (AvgIpc) is 2.74. The molecule has 4 nitrogen and oxygen atoms in total. The van der Waals surface area contributed by atoms with Gasteiger partial charge in [0.25, 0.3) is 5.56 Å². The predicted octanol–water partition coefficient (Wildman–Crippen LogP) is 5.82. The first-order valence-electron chi connectivity index (χ1n) is 8.85. The highest BCUT2D eigenvalue weighted by molar-refractivity contribution is 14.1. The molecule has 0 aliphatic rings. The molecule has 0 amide bonds. The van der Waals surface area contributed by atoms with Crippen molar-refractivity contribution in [1.82, 2.24) is 9.55 Å². The monoisotopic (exact) mass is 514 g/mol. The van der Waals surface area contributed by atoms with Crippen molar-refractivity contribution in [2.24, 2.45) is 0 Å². The minimum Gasteiger partial charge on any atom is -0.497 e. The summed E-state index contributed by atoms with van der Waals surface area (Å²) in [5.74, 6) is 1.27. The van der Waals surface area contributed by atoms with Crippen molar-refractivity contribution >= 4 is 57.2 Å². The quantitative estimate of drug-likeness (QED) is 0.322. The number of rotatable bonds is 4. The van der Waals surface area contributed by atoms with Gasteiger partial charge < -0.3 is 4.74 Å². The third-order valence-corrected chi connectivity index (χ3v) is 5.40. The zero-order valence-corrected chi connectivity index (χ0v) is 18.4. The molecule has 0 spiro atoms. The first-order valence-corrected chi connectivity index (χ1v) is 10.3. The van der Waals surface area contributed by atoms with Crippen LogP contribution in [0.4, 0.5) is 0 Å². The fourth-order valence-corrected chi connectivity index (χ4v) is 3.63. The second-order valence-electron chi connectivity index (χ2n) is 6.35. The lowest BCUT2D eigenvalue weighted by molar-refractivity contribution is 0.414. The average molecular weight is 515 g/mol. The molecule has 1 heterocycles. The minimum atomic E-state index is -0.116. The predicted molar refractivity (Wildman–Crippen MR) is 127 cm³/mol. The van der Waals surface area contributed by atoms with Crippen LogP contribution in [0.3, 0.4) is 0 Å². The Morgan fingerprint density at radius 2 is 1.72 bits per heavy atom. The van der Waals surface area contributed by atoms with Crippen LogP contribution in [0.5, 0.6) is 5.75 Å². The van der Waals surface area contributed by atoms with Gasteiger partial charge in [-0.15, -0.1) is 0 Å². The topological polar surface area (TPSA) is 44.1 Å². The van der Waals surface area contributed by atoms with Gasteiger partial charge in [-0.25, -0.2) is 4.98 Å². The van der Waals surface area contributed by atoms with E-state index in [4.69, 9.17) is 21.3 Å². The molecular weight excluding hydrogens is 499 g/mol. The molecule has 3 aromatic carbocycles. The molecule has 29 heavy (non-hydrogen) atoms. The summed E-state index contributed by atoms with van der Waals surface area (Å²) in [7, 11) is 1.61. The van der Waals surface area contributed by atoms with Crippen molar-refractivity contribution in [3.05, 3.63) is 97.1 Å². The van der Waals surface area contributed by atoms with Crippen molar-refractivity contribution in [1.29, 1.82) is 0 Å². The van der Waals surface area contributed by atoms with Gasteiger partial charge in [-0.05, 0) is 88.8 Å². The van der Waals surface area contributed by atoms with Crippen LogP contribution in [0, 0.1) is 3.57 Å². The van der Waals surface area contributed by atoms with Crippen molar-refractivity contribution in [3.8, 4) is 11.4 Å². The number of aromatic nitrogens is 2. The van der Waals surface area contributed by atoms with Gasteiger partial charge in [-0.1, -0.05) is 29.8 Å². The van der Waals surface area contributed by atoms with Crippen molar-refractivity contribution in [2.75, 3.05) is 7.11 Å². The Kier molecular flexibility index (Phi) is 5.69. The summed E-state index contributed by atoms with van der Waals surface area (Å²) in [5, 5.41) is 1.26. The van der Waals surface area contributed by atoms with Crippen LogP contribution in [0.15, 0.2) is 71.5 Å². The number of nitrogens with zero attached hydrogens (tertiary/aromatic N) is 2. The van der Waals surface area contributed by atoms with Gasteiger partial charge in [-0.3, -0.25) is 9.36 Å². The van der Waals surface area contributed by atoms with Crippen LogP contribution in [0.1, 0.15) is 11.4 Å². The highest BCUT2D eigenvalue weighted by Gasteiger charge is 2.12. The molecule has 0 bridgehead atoms. The van der Waals surface area contributed by atoms with Crippen LogP contribution in [0.2, 0.25) is 5.02 Å². The van der Waals surface area contributed by atoms with E-state index in [0.717, 1.165) is 20.6 Å². The Balaban J connectivity index is 1.91. The molecule has 4 aromatic rings. The Morgan fingerprint density at radius 1 is 1.00 bits per heavy atom. The van der Waals surface area contributed by atoms with Crippen LogP contribution in [-0.2, 0) is 0 Å². The van der Waals surface area contributed by atoms with E-state index in [1.165, 1.54) is 0 Å². The molecule has 0 unspecified atom stereocenters. The van der Waals surface area contributed by atoms with Crippen LogP contribution in [0.25, 0.3) is 28.7 Å². The Bertz CT molecular complexity index is 1260. The Labute approximate surface area is 186 Å². The summed E-state index contributed by atoms with van der Waals surface area (Å²) >= 11 is 8.16. The number of hydrogen-bond donors (Lipinski definition) is 0. The highest BCUT2D eigenvalue weighted by Crippen LogP contribution is 2.20. The van der Waals surface area contributed by atoms with Crippen molar-refractivity contribution in [2.45, 2.75) is 0 Å². The highest BCUT2D eigenvalue weighted by atomic mass is 127. The number of hydrogen-bond acceptors (Lipinski definition) is 3. The van der Waals surface area contributed by atoms with Gasteiger partial charge in [0.2, 0.25) is 0 Å². The largest absolute Gasteiger partial charge is 0.497 e. The number of ether oxygens (including phenoxy) is 1. The number of benzene rings is 3. The maximum atomic E-state index is 13.3. The van der Waals surface area contributed by atoms with Gasteiger partial charge in [-0.2, -0.15) is 0 Å². The molecule has 144 valence electrons. The second kappa shape index (κ2) is 8.39. The zero-order chi connectivity index (χ0) is 20.4. The first-order chi connectivity index (χ1) is 14.0. The fourth-order valence-electron chi connectivity index (χ4n) is 3.01. The molecule has 0 saturated carbocycles. The standard InChI is InChI=1S/C23H16ClIN2O2/c1-29-19-10-8-18(9-11-19)27-22(13-4-15-2-5-16(24)6-3-15)26-21-12-7-17(25)14-20(21)23(27)28/h2-14H,1H3/b13-4+. The molecule has 0 aliphatic carbocycles. The molecule has 0 fully saturated rings. The molecule has 0 saturated heterocycles. The van der Waals surface area contributed by atoms with E-state index in [9.17, 15) is 4.79 Å². The van der Waals surface area contributed by atoms with Gasteiger partial charge >= 0.3 is 0 Å². The lowest BCUT2D eigenvalue weighted by atomic mass is 10.2. The number of fused-ring (bicyclic) bond motifs is 1. The maximum Gasteiger partial charge on any atom is 0.266 e. The van der Waals surface area contributed by atoms with Crippen LogP contribution in [-0.4, -0.2) is 16.7 Å². The van der Waals surface area contributed by atoms with Crippen LogP contribution >= 0.6 is 34.2 Å². The smallest absolute Gasteiger partial charge is 0.266 e. The third-order valence-electron chi connectivity index (χ3n) is 4.48. The molecule has 4 rings (SSSR count). The third kappa shape index (κ3) is 4.21. The molecule has 0 aliphatic heterocycles. The second-order valence-corrected chi connectivity index (χ2v) is 8.04. The normalized spacial score (nSPS) is 11.3. The maximum absolute atomic E-state index is 13.3. The summed E-state index contributed by atoms with van der Waals surface area (Å²) in [6, 6.07) is 20.5. The van der Waals surface area contributed by atoms with E-state index in [2.05, 4.69) is 22.6 Å². The van der Waals surface area contributed by atoms with E-state index in [-0.39, 0.29) is 5.56 Å². The zero-order valence-electron chi connectivity index (χ0n) is 15.5. The van der Waals surface area contributed by atoms with E-state index < -0.39 is 0 Å². The van der Waals surface area contributed by atoms with Crippen LogP contribution < -0.4 is 10.3 Å². The summed E-state index contributed by atoms with van der Waals surface area (Å²) in [5.41, 5.74) is 2.23. The Morgan fingerprint density at radius 3 is 2.41 bits per heavy atom. The summed E-state index contributed by atoms with van der Waals surface area (Å²) < 4.78 is 7.84. The minimum absolute atomic E-state index is 0.116. The Hall–Kier alpha value is -2.64. The molecule has 0 atom stereocenters. The first kappa shape index (κ1) is 19.7. The van der Waals surface area contributed by atoms with E-state index in [1.807, 2.05) is 78.9 Å². The summed E-state index contributed by atoms with van der Waals surface area (Å²) in [6.07, 6.45) is 3.75. The van der Waals surface area contributed by atoms with Crippen molar-refractivity contribution in [3.63, 3.8) is 0 Å². The lowest BCUT2D eigenvalue weighted by Crippen LogP contribution is -2.22. The van der Waals surface area contributed by atoms with Crippen molar-refractivity contribution < 1.29 is 4.74 Å². The van der Waals surface area contributed by atoms with Gasteiger partial charge in [0.1, 0.15) is 11.6 Å². The van der Waals surface area contributed by atoms with Gasteiger partial charge in [0.15, 0.2) is 0 Å². The summed E-state index contributed by atoms with van der Waals surface area (Å²) in [4.78, 5) is 18.1. The lowest BCUT2D eigenvalue weighted by Gasteiger charge is -2.12.